The van der Waals surface area contributed by atoms with Gasteiger partial charge in [0, 0.05) is 32.0 Å². The third kappa shape index (κ3) is 6.48. The van der Waals surface area contributed by atoms with Gasteiger partial charge in [0.15, 0.2) is 0 Å². The zero-order valence-electron chi connectivity index (χ0n) is 22.8. The quantitative estimate of drug-likeness (QED) is 0.332. The van der Waals surface area contributed by atoms with Crippen molar-refractivity contribution in [1.82, 2.24) is 14.5 Å². The van der Waals surface area contributed by atoms with Gasteiger partial charge in [-0.3, -0.25) is 14.4 Å². The van der Waals surface area contributed by atoms with Crippen molar-refractivity contribution in [3.8, 4) is 0 Å². The third-order valence-corrected chi connectivity index (χ3v) is 10.3. The maximum Gasteiger partial charge on any atom is 0.269 e. The lowest BCUT2D eigenvalue weighted by Gasteiger charge is -2.33. The average Bonchev–Trinajstić information content (AvgIpc) is 3.56. The van der Waals surface area contributed by atoms with Crippen molar-refractivity contribution in [3.05, 3.63) is 99.5 Å². The van der Waals surface area contributed by atoms with E-state index in [-0.39, 0.29) is 48.3 Å². The number of rotatable bonds is 10. The molecule has 1 N–H and O–H groups in total. The summed E-state index contributed by atoms with van der Waals surface area (Å²) in [5.74, 6) is -1.42. The zero-order chi connectivity index (χ0) is 29.9. The van der Waals surface area contributed by atoms with Crippen molar-refractivity contribution in [2.75, 3.05) is 6.54 Å². The van der Waals surface area contributed by atoms with E-state index in [0.29, 0.717) is 15.6 Å². The molecule has 42 heavy (non-hydrogen) atoms. The second-order valence-corrected chi connectivity index (χ2v) is 13.2. The number of nitrogens with one attached hydrogen (secondary N) is 1. The summed E-state index contributed by atoms with van der Waals surface area (Å²) < 4.78 is 26.9. The highest BCUT2D eigenvalue weighted by Gasteiger charge is 2.41. The number of halogens is 2. The van der Waals surface area contributed by atoms with Gasteiger partial charge < -0.3 is 10.2 Å². The molecule has 3 amide bonds. The van der Waals surface area contributed by atoms with Gasteiger partial charge in [0.2, 0.25) is 11.8 Å². The number of benzene rings is 3. The van der Waals surface area contributed by atoms with Gasteiger partial charge in [-0.25, -0.2) is 12.7 Å². The van der Waals surface area contributed by atoms with E-state index in [2.05, 4.69) is 5.32 Å². The number of fused-ring (bicyclic) bond motifs is 1. The molecule has 0 aromatic heterocycles. The van der Waals surface area contributed by atoms with Gasteiger partial charge in [-0.15, -0.1) is 0 Å². The molecule has 0 bridgehead atoms. The highest BCUT2D eigenvalue weighted by atomic mass is 35.5. The monoisotopic (exact) mass is 627 g/mol. The minimum Gasteiger partial charge on any atom is -0.352 e. The Labute approximate surface area is 255 Å². The van der Waals surface area contributed by atoms with Crippen LogP contribution >= 0.6 is 23.2 Å². The number of hydrogen-bond donors (Lipinski definition) is 1. The Bertz CT molecular complexity index is 1590. The van der Waals surface area contributed by atoms with Crippen LogP contribution in [0.5, 0.6) is 0 Å². The van der Waals surface area contributed by atoms with E-state index in [9.17, 15) is 22.8 Å². The maximum absolute atomic E-state index is 14.0. The van der Waals surface area contributed by atoms with Crippen molar-refractivity contribution < 1.29 is 22.8 Å². The summed E-state index contributed by atoms with van der Waals surface area (Å²) in [4.78, 5) is 42.1. The fourth-order valence-corrected chi connectivity index (χ4v) is 7.44. The van der Waals surface area contributed by atoms with Crippen LogP contribution in [0.3, 0.4) is 0 Å². The molecule has 0 unspecified atom stereocenters. The predicted octanol–water partition coefficient (Wildman–Crippen LogP) is 5.23. The largest absolute Gasteiger partial charge is 0.352 e. The molecule has 0 radical (unpaired) electrons. The Morgan fingerprint density at radius 2 is 1.62 bits per heavy atom. The number of carbonyl (C=O) groups is 3. The van der Waals surface area contributed by atoms with E-state index in [1.807, 2.05) is 30.3 Å². The fourth-order valence-electron chi connectivity index (χ4n) is 5.55. The van der Waals surface area contributed by atoms with Gasteiger partial charge >= 0.3 is 0 Å². The molecule has 1 aliphatic heterocycles. The lowest BCUT2D eigenvalue weighted by atomic mass is 10.0. The second kappa shape index (κ2) is 12.9. The van der Waals surface area contributed by atoms with E-state index in [0.717, 1.165) is 35.6 Å². The summed E-state index contributed by atoms with van der Waals surface area (Å²) >= 11 is 12.4. The molecule has 5 rings (SSSR count). The van der Waals surface area contributed by atoms with Crippen LogP contribution in [0.2, 0.25) is 10.0 Å². The summed E-state index contributed by atoms with van der Waals surface area (Å²) in [6.45, 7) is -0.318. The van der Waals surface area contributed by atoms with Gasteiger partial charge in [-0.05, 0) is 48.2 Å². The van der Waals surface area contributed by atoms with Crippen LogP contribution in [0.25, 0.3) is 0 Å². The number of carbonyl (C=O) groups excluding carboxylic acids is 3. The Hall–Kier alpha value is -3.40. The molecule has 1 saturated carbocycles. The number of amides is 3. The first-order valence-electron chi connectivity index (χ1n) is 13.9. The molecule has 11 heteroatoms. The van der Waals surface area contributed by atoms with E-state index < -0.39 is 27.9 Å². The standard InChI is InChI=1S/C31H31Cl2N3O5S/c32-25-15-14-22(18-26(25)33)20-35(27(19-21-8-2-1-3-9-21)30(38)34-23-10-4-5-11-23)29(37)16-17-36-31(39)24-12-6-7-13-28(24)42(36,40)41/h1-3,6-9,12-15,18,23,27H,4-5,10-11,16-17,19-20H2,(H,34,38)/t27-/m1/s1. The van der Waals surface area contributed by atoms with Crippen LogP contribution in [-0.2, 0) is 32.6 Å². The van der Waals surface area contributed by atoms with E-state index >= 15 is 0 Å². The maximum atomic E-state index is 14.0. The zero-order valence-corrected chi connectivity index (χ0v) is 25.2. The number of nitrogens with zero attached hydrogens (tertiary/aromatic N) is 2. The first-order valence-corrected chi connectivity index (χ1v) is 16.1. The topological polar surface area (TPSA) is 104 Å². The van der Waals surface area contributed by atoms with Crippen LogP contribution < -0.4 is 5.32 Å². The summed E-state index contributed by atoms with van der Waals surface area (Å²) in [6.07, 6.45) is 3.75. The molecular formula is C31H31Cl2N3O5S. The van der Waals surface area contributed by atoms with Crippen molar-refractivity contribution in [2.45, 2.75) is 62.0 Å². The minimum atomic E-state index is -4.09. The predicted molar refractivity (Wildman–Crippen MR) is 161 cm³/mol. The van der Waals surface area contributed by atoms with E-state index in [1.54, 1.807) is 30.3 Å². The number of sulfonamides is 1. The Morgan fingerprint density at radius 3 is 2.31 bits per heavy atom. The SMILES string of the molecule is O=C(NC1CCCC1)[C@@H](Cc1ccccc1)N(Cc1ccc(Cl)c(Cl)c1)C(=O)CCN1C(=O)c2ccccc2S1(=O)=O. The van der Waals surface area contributed by atoms with Crippen molar-refractivity contribution in [2.24, 2.45) is 0 Å². The Balaban J connectivity index is 1.44. The molecule has 8 nitrogen and oxygen atoms in total. The average molecular weight is 629 g/mol. The van der Waals surface area contributed by atoms with Crippen molar-refractivity contribution in [1.29, 1.82) is 0 Å². The fraction of sp³-hybridized carbons (Fsp3) is 0.323. The van der Waals surface area contributed by atoms with E-state index in [1.165, 1.54) is 17.0 Å². The summed E-state index contributed by atoms with van der Waals surface area (Å²) in [5.41, 5.74) is 1.60. The molecular weight excluding hydrogens is 597 g/mol. The highest BCUT2D eigenvalue weighted by molar-refractivity contribution is 7.90. The lowest BCUT2D eigenvalue weighted by molar-refractivity contribution is -0.141. The smallest absolute Gasteiger partial charge is 0.269 e. The molecule has 2 aliphatic rings. The molecule has 1 heterocycles. The van der Waals surface area contributed by atoms with Crippen LogP contribution in [0.4, 0.5) is 0 Å². The lowest BCUT2D eigenvalue weighted by Crippen LogP contribution is -2.52. The molecule has 1 aliphatic carbocycles. The third-order valence-electron chi connectivity index (χ3n) is 7.75. The van der Waals surface area contributed by atoms with Crippen LogP contribution in [0.1, 0.15) is 53.6 Å². The van der Waals surface area contributed by atoms with Gasteiger partial charge in [0.05, 0.1) is 15.6 Å². The van der Waals surface area contributed by atoms with E-state index in [4.69, 9.17) is 23.2 Å². The van der Waals surface area contributed by atoms with Gasteiger partial charge in [-0.2, -0.15) is 0 Å². The molecule has 3 aromatic rings. The van der Waals surface area contributed by atoms with Gasteiger partial charge in [0.1, 0.15) is 10.9 Å². The first-order chi connectivity index (χ1) is 20.1. The molecule has 3 aromatic carbocycles. The molecule has 0 spiro atoms. The summed E-state index contributed by atoms with van der Waals surface area (Å²) in [7, 11) is -4.09. The first kappa shape index (κ1) is 30.1. The van der Waals surface area contributed by atoms with Crippen LogP contribution in [-0.4, -0.2) is 54.0 Å². The van der Waals surface area contributed by atoms with Crippen LogP contribution in [0.15, 0.2) is 77.7 Å². The second-order valence-electron chi connectivity index (χ2n) is 10.6. The molecule has 220 valence electrons. The van der Waals surface area contributed by atoms with Gasteiger partial charge in [0.25, 0.3) is 15.9 Å². The summed E-state index contributed by atoms with van der Waals surface area (Å²) in [5, 5.41) is 3.79. The van der Waals surface area contributed by atoms with Gasteiger partial charge in [-0.1, -0.05) is 84.6 Å². The van der Waals surface area contributed by atoms with Crippen molar-refractivity contribution in [3.63, 3.8) is 0 Å². The highest BCUT2D eigenvalue weighted by Crippen LogP contribution is 2.30. The number of hydrogen-bond acceptors (Lipinski definition) is 5. The molecule has 1 fully saturated rings. The van der Waals surface area contributed by atoms with Crippen molar-refractivity contribution >= 4 is 50.9 Å². The van der Waals surface area contributed by atoms with Crippen LogP contribution in [0, 0.1) is 0 Å². The molecule has 1 atom stereocenters. The molecule has 0 saturated heterocycles. The minimum absolute atomic E-state index is 0.0311. The summed E-state index contributed by atoms with van der Waals surface area (Å²) in [6, 6.07) is 19.5. The Morgan fingerprint density at radius 1 is 0.929 bits per heavy atom. The normalized spacial score (nSPS) is 16.7. The Kier molecular flexibility index (Phi) is 9.20.